The molecule has 0 radical (unpaired) electrons. The molecule has 2 heteroatoms. The third-order valence-corrected chi connectivity index (χ3v) is 3.11. The molecule has 1 rings (SSSR count). The van der Waals surface area contributed by atoms with Gasteiger partial charge in [-0.25, -0.2) is 0 Å². The second-order valence-electron chi connectivity index (χ2n) is 2.96. The Kier molecular flexibility index (Phi) is 3.71. The third kappa shape index (κ3) is 2.59. The predicted molar refractivity (Wildman–Crippen MR) is 48.7 cm³/mol. The lowest BCUT2D eigenvalue weighted by Gasteiger charge is -2.16. The Morgan fingerprint density at radius 2 is 2.20 bits per heavy atom. The fourth-order valence-electron chi connectivity index (χ4n) is 1.43. The van der Waals surface area contributed by atoms with Crippen LogP contribution in [0.15, 0.2) is 0 Å². The monoisotopic (exact) mass is 205 g/mol. The predicted octanol–water partition coefficient (Wildman–Crippen LogP) is 2.26. The minimum absolute atomic E-state index is 0.782. The summed E-state index contributed by atoms with van der Waals surface area (Å²) >= 11 is 3.67. The summed E-state index contributed by atoms with van der Waals surface area (Å²) < 4.78 is 0. The first kappa shape index (κ1) is 8.54. The van der Waals surface area contributed by atoms with Gasteiger partial charge in [0.25, 0.3) is 0 Å². The van der Waals surface area contributed by atoms with Crippen LogP contribution < -0.4 is 0 Å². The zero-order valence-corrected chi connectivity index (χ0v) is 8.23. The topological polar surface area (TPSA) is 3.24 Å². The lowest BCUT2D eigenvalue weighted by atomic mass is 10.2. The van der Waals surface area contributed by atoms with Crippen molar-refractivity contribution >= 4 is 15.9 Å². The Morgan fingerprint density at radius 1 is 1.40 bits per heavy atom. The molecule has 0 aromatic rings. The van der Waals surface area contributed by atoms with Crippen molar-refractivity contribution in [2.75, 3.05) is 19.6 Å². The van der Waals surface area contributed by atoms with E-state index in [-0.39, 0.29) is 0 Å². The first-order valence-corrected chi connectivity index (χ1v) is 5.11. The van der Waals surface area contributed by atoms with Crippen LogP contribution in [-0.2, 0) is 0 Å². The van der Waals surface area contributed by atoms with Crippen LogP contribution in [-0.4, -0.2) is 29.4 Å². The van der Waals surface area contributed by atoms with E-state index in [0.717, 1.165) is 4.83 Å². The molecule has 0 spiro atoms. The average Bonchev–Trinajstić information content (AvgIpc) is 2.14. The first-order valence-electron chi connectivity index (χ1n) is 4.19. The highest BCUT2D eigenvalue weighted by molar-refractivity contribution is 9.09. The fraction of sp³-hybridized carbons (Fsp3) is 1.00. The highest BCUT2D eigenvalue weighted by atomic mass is 79.9. The van der Waals surface area contributed by atoms with Crippen molar-refractivity contribution < 1.29 is 0 Å². The largest absolute Gasteiger partial charge is 0.304 e. The van der Waals surface area contributed by atoms with Crippen molar-refractivity contribution in [3.63, 3.8) is 0 Å². The first-order chi connectivity index (χ1) is 4.83. The molecule has 1 aliphatic rings. The van der Waals surface area contributed by atoms with Crippen LogP contribution >= 0.6 is 15.9 Å². The number of hydrogen-bond donors (Lipinski definition) is 0. The maximum Gasteiger partial charge on any atom is 0.0158 e. The van der Waals surface area contributed by atoms with E-state index >= 15 is 0 Å². The van der Waals surface area contributed by atoms with E-state index in [1.165, 1.54) is 38.9 Å². The van der Waals surface area contributed by atoms with E-state index in [2.05, 4.69) is 27.8 Å². The smallest absolute Gasteiger partial charge is 0.0158 e. The van der Waals surface area contributed by atoms with Gasteiger partial charge >= 0.3 is 0 Å². The van der Waals surface area contributed by atoms with Gasteiger partial charge in [-0.3, -0.25) is 0 Å². The minimum atomic E-state index is 0.782. The second-order valence-corrected chi connectivity index (χ2v) is 4.26. The third-order valence-electron chi connectivity index (χ3n) is 2.20. The van der Waals surface area contributed by atoms with Gasteiger partial charge in [-0.2, -0.15) is 0 Å². The summed E-state index contributed by atoms with van der Waals surface area (Å²) in [6, 6.07) is 0. The Balaban J connectivity index is 2.26. The lowest BCUT2D eigenvalue weighted by molar-refractivity contribution is 0.301. The maximum atomic E-state index is 3.67. The number of hydrogen-bond acceptors (Lipinski definition) is 1. The van der Waals surface area contributed by atoms with Gasteiger partial charge in [-0.05, 0) is 38.9 Å². The molecule has 1 heterocycles. The number of rotatable bonds is 1. The van der Waals surface area contributed by atoms with Crippen LogP contribution in [0.4, 0.5) is 0 Å². The molecule has 1 aliphatic heterocycles. The van der Waals surface area contributed by atoms with Gasteiger partial charge < -0.3 is 4.90 Å². The van der Waals surface area contributed by atoms with E-state index in [4.69, 9.17) is 0 Å². The summed E-state index contributed by atoms with van der Waals surface area (Å²) in [4.78, 5) is 3.31. The standard InChI is InChI=1S/C8H16BrN/c1-2-10-6-3-4-8(9)5-7-10/h8H,2-7H2,1H3. The van der Waals surface area contributed by atoms with E-state index in [9.17, 15) is 0 Å². The molecule has 1 saturated heterocycles. The Bertz CT molecular complexity index is 95.3. The molecule has 0 aromatic carbocycles. The van der Waals surface area contributed by atoms with Gasteiger partial charge in [0, 0.05) is 4.83 Å². The number of likely N-dealkylation sites (tertiary alicyclic amines) is 1. The summed E-state index contributed by atoms with van der Waals surface area (Å²) in [5, 5.41) is 0. The van der Waals surface area contributed by atoms with Gasteiger partial charge in [0.15, 0.2) is 0 Å². The summed E-state index contributed by atoms with van der Waals surface area (Å²) in [6.07, 6.45) is 4.05. The number of halogens is 1. The van der Waals surface area contributed by atoms with Crippen molar-refractivity contribution in [1.82, 2.24) is 4.90 Å². The van der Waals surface area contributed by atoms with Gasteiger partial charge in [0.05, 0.1) is 0 Å². The summed E-state index contributed by atoms with van der Waals surface area (Å²) in [5.74, 6) is 0. The van der Waals surface area contributed by atoms with Crippen LogP contribution in [0.25, 0.3) is 0 Å². The summed E-state index contributed by atoms with van der Waals surface area (Å²) in [6.45, 7) is 6.05. The van der Waals surface area contributed by atoms with Gasteiger partial charge in [0.1, 0.15) is 0 Å². The van der Waals surface area contributed by atoms with E-state index in [1.807, 2.05) is 0 Å². The molecule has 0 N–H and O–H groups in total. The molecule has 0 saturated carbocycles. The van der Waals surface area contributed by atoms with Crippen LogP contribution in [0.3, 0.4) is 0 Å². The van der Waals surface area contributed by atoms with Gasteiger partial charge in [0.2, 0.25) is 0 Å². The van der Waals surface area contributed by atoms with E-state index in [0.29, 0.717) is 0 Å². The van der Waals surface area contributed by atoms with Crippen LogP contribution in [0.1, 0.15) is 26.2 Å². The fourth-order valence-corrected chi connectivity index (χ4v) is 1.96. The maximum absolute atomic E-state index is 3.67. The van der Waals surface area contributed by atoms with E-state index in [1.54, 1.807) is 0 Å². The van der Waals surface area contributed by atoms with Crippen molar-refractivity contribution in [1.29, 1.82) is 0 Å². The Morgan fingerprint density at radius 3 is 2.90 bits per heavy atom. The second kappa shape index (κ2) is 4.35. The molecule has 1 atom stereocenters. The molecule has 1 fully saturated rings. The summed E-state index contributed by atoms with van der Waals surface area (Å²) in [7, 11) is 0. The zero-order valence-electron chi connectivity index (χ0n) is 6.65. The van der Waals surface area contributed by atoms with Crippen molar-refractivity contribution in [2.45, 2.75) is 31.0 Å². The molecule has 60 valence electrons. The molecular formula is C8H16BrN. The van der Waals surface area contributed by atoms with Crippen molar-refractivity contribution in [3.05, 3.63) is 0 Å². The van der Waals surface area contributed by atoms with Crippen LogP contribution in [0.2, 0.25) is 0 Å². The molecule has 1 nitrogen and oxygen atoms in total. The summed E-state index contributed by atoms with van der Waals surface area (Å²) in [5.41, 5.74) is 0. The molecule has 0 bridgehead atoms. The van der Waals surface area contributed by atoms with Crippen LogP contribution in [0.5, 0.6) is 0 Å². The average molecular weight is 206 g/mol. The van der Waals surface area contributed by atoms with E-state index < -0.39 is 0 Å². The molecule has 0 aliphatic carbocycles. The highest BCUT2D eigenvalue weighted by Crippen LogP contribution is 2.17. The minimum Gasteiger partial charge on any atom is -0.304 e. The zero-order chi connectivity index (χ0) is 7.40. The lowest BCUT2D eigenvalue weighted by Crippen LogP contribution is -2.24. The van der Waals surface area contributed by atoms with Crippen molar-refractivity contribution in [2.24, 2.45) is 0 Å². The van der Waals surface area contributed by atoms with Gasteiger partial charge in [-0.1, -0.05) is 22.9 Å². The molecule has 0 amide bonds. The SMILES string of the molecule is CCN1CCCC(Br)CC1. The molecular weight excluding hydrogens is 190 g/mol. The Hall–Kier alpha value is 0.440. The molecule has 1 unspecified atom stereocenters. The highest BCUT2D eigenvalue weighted by Gasteiger charge is 2.12. The number of nitrogens with zero attached hydrogens (tertiary/aromatic N) is 1. The van der Waals surface area contributed by atoms with Crippen molar-refractivity contribution in [3.8, 4) is 0 Å². The number of alkyl halides is 1. The normalized spacial score (nSPS) is 30.0. The molecule has 10 heavy (non-hydrogen) atoms. The van der Waals surface area contributed by atoms with Gasteiger partial charge in [-0.15, -0.1) is 0 Å². The Labute approximate surface area is 71.9 Å². The quantitative estimate of drug-likeness (QED) is 0.595. The van der Waals surface area contributed by atoms with Crippen LogP contribution in [0, 0.1) is 0 Å². The molecule has 0 aromatic heterocycles.